The minimum Gasteiger partial charge on any atom is -0.313 e. The molecular weight excluding hydrogens is 254 g/mol. The molecule has 0 spiro atoms. The van der Waals surface area contributed by atoms with E-state index in [1.807, 2.05) is 0 Å². The molecule has 1 nitrogen and oxygen atoms in total. The van der Waals surface area contributed by atoms with E-state index in [4.69, 9.17) is 0 Å². The molecule has 0 saturated heterocycles. The second-order valence-electron chi connectivity index (χ2n) is 6.29. The second kappa shape index (κ2) is 6.44. The molecule has 2 aromatic carbocycles. The summed E-state index contributed by atoms with van der Waals surface area (Å²) >= 11 is 0. The maximum Gasteiger partial charge on any atom is 0.0361 e. The zero-order chi connectivity index (χ0) is 14.7. The van der Waals surface area contributed by atoms with E-state index in [-0.39, 0.29) is 0 Å². The van der Waals surface area contributed by atoms with Gasteiger partial charge in [0.05, 0.1) is 0 Å². The first kappa shape index (κ1) is 14.3. The molecule has 3 rings (SSSR count). The van der Waals surface area contributed by atoms with Gasteiger partial charge in [-0.15, -0.1) is 0 Å². The highest BCUT2D eigenvalue weighted by atomic mass is 14.9. The van der Waals surface area contributed by atoms with Crippen molar-refractivity contribution in [3.8, 4) is 0 Å². The van der Waals surface area contributed by atoms with Crippen molar-refractivity contribution in [2.75, 3.05) is 7.05 Å². The van der Waals surface area contributed by atoms with Gasteiger partial charge in [0, 0.05) is 6.04 Å². The molecule has 0 heterocycles. The molecule has 21 heavy (non-hydrogen) atoms. The monoisotopic (exact) mass is 279 g/mol. The Hall–Kier alpha value is -1.60. The first-order valence-electron chi connectivity index (χ1n) is 8.09. The van der Waals surface area contributed by atoms with Gasteiger partial charge in [0.1, 0.15) is 0 Å². The second-order valence-corrected chi connectivity index (χ2v) is 6.29. The standard InChI is InChI=1S/C20H25N/c1-15-10-12-16(13-11-15)14-20(21-2)19-9-4-3-8-18(19)17-6-5-7-17/h3-4,8-13,17,20-21H,5-7,14H2,1-2H3. The lowest BCUT2D eigenvalue weighted by Crippen LogP contribution is -2.22. The lowest BCUT2D eigenvalue weighted by atomic mass is 9.76. The van der Waals surface area contributed by atoms with Crippen LogP contribution >= 0.6 is 0 Å². The molecule has 0 amide bonds. The largest absolute Gasteiger partial charge is 0.313 e. The van der Waals surface area contributed by atoms with Crippen molar-refractivity contribution in [2.24, 2.45) is 0 Å². The molecule has 0 bridgehead atoms. The average molecular weight is 279 g/mol. The summed E-state index contributed by atoms with van der Waals surface area (Å²) in [6, 6.07) is 18.3. The van der Waals surface area contributed by atoms with E-state index in [0.717, 1.165) is 12.3 Å². The van der Waals surface area contributed by atoms with Crippen LogP contribution in [-0.2, 0) is 6.42 Å². The highest BCUT2D eigenvalue weighted by Crippen LogP contribution is 2.39. The van der Waals surface area contributed by atoms with Gasteiger partial charge in [-0.2, -0.15) is 0 Å². The van der Waals surface area contributed by atoms with Gasteiger partial charge in [-0.25, -0.2) is 0 Å². The molecule has 2 aromatic rings. The van der Waals surface area contributed by atoms with Gasteiger partial charge in [0.15, 0.2) is 0 Å². The first-order valence-corrected chi connectivity index (χ1v) is 8.09. The highest BCUT2D eigenvalue weighted by Gasteiger charge is 2.24. The fourth-order valence-corrected chi connectivity index (χ4v) is 3.25. The number of rotatable bonds is 5. The summed E-state index contributed by atoms with van der Waals surface area (Å²) in [7, 11) is 2.08. The Balaban J connectivity index is 1.84. The van der Waals surface area contributed by atoms with Gasteiger partial charge in [0.25, 0.3) is 0 Å². The highest BCUT2D eigenvalue weighted by molar-refractivity contribution is 5.35. The Morgan fingerprint density at radius 2 is 1.76 bits per heavy atom. The smallest absolute Gasteiger partial charge is 0.0361 e. The third-order valence-corrected chi connectivity index (χ3v) is 4.83. The molecule has 1 N–H and O–H groups in total. The number of likely N-dealkylation sites (N-methyl/N-ethyl adjacent to an activating group) is 1. The van der Waals surface area contributed by atoms with Crippen LogP contribution in [0.4, 0.5) is 0 Å². The summed E-state index contributed by atoms with van der Waals surface area (Å²) in [4.78, 5) is 0. The van der Waals surface area contributed by atoms with Gasteiger partial charge < -0.3 is 5.32 Å². The summed E-state index contributed by atoms with van der Waals surface area (Å²) < 4.78 is 0. The Kier molecular flexibility index (Phi) is 4.40. The fraction of sp³-hybridized carbons (Fsp3) is 0.400. The molecule has 0 aliphatic heterocycles. The van der Waals surface area contributed by atoms with E-state index in [1.54, 1.807) is 5.56 Å². The summed E-state index contributed by atoms with van der Waals surface area (Å²) in [5, 5.41) is 3.52. The van der Waals surface area contributed by atoms with Crippen molar-refractivity contribution < 1.29 is 0 Å². The lowest BCUT2D eigenvalue weighted by molar-refractivity contribution is 0.412. The lowest BCUT2D eigenvalue weighted by Gasteiger charge is -2.30. The Bertz CT molecular complexity index is 581. The van der Waals surface area contributed by atoms with Crippen molar-refractivity contribution in [3.05, 3.63) is 70.8 Å². The normalized spacial score (nSPS) is 16.5. The Morgan fingerprint density at radius 3 is 2.38 bits per heavy atom. The van der Waals surface area contributed by atoms with E-state index in [0.29, 0.717) is 6.04 Å². The number of nitrogens with one attached hydrogen (secondary N) is 1. The molecular formula is C20H25N. The van der Waals surface area contributed by atoms with E-state index in [2.05, 4.69) is 67.8 Å². The third-order valence-electron chi connectivity index (χ3n) is 4.83. The van der Waals surface area contributed by atoms with E-state index in [9.17, 15) is 0 Å². The van der Waals surface area contributed by atoms with Gasteiger partial charge in [0.2, 0.25) is 0 Å². The van der Waals surface area contributed by atoms with Crippen molar-refractivity contribution >= 4 is 0 Å². The summed E-state index contributed by atoms with van der Waals surface area (Å²) in [5.74, 6) is 0.787. The van der Waals surface area contributed by atoms with Crippen molar-refractivity contribution in [1.29, 1.82) is 0 Å². The maximum absolute atomic E-state index is 3.52. The number of hydrogen-bond donors (Lipinski definition) is 1. The third kappa shape index (κ3) is 3.19. The Morgan fingerprint density at radius 1 is 1.05 bits per heavy atom. The molecule has 110 valence electrons. The fourth-order valence-electron chi connectivity index (χ4n) is 3.25. The van der Waals surface area contributed by atoms with Gasteiger partial charge in [-0.1, -0.05) is 60.5 Å². The van der Waals surface area contributed by atoms with Crippen LogP contribution < -0.4 is 5.32 Å². The summed E-state index contributed by atoms with van der Waals surface area (Å²) in [5.41, 5.74) is 5.79. The minimum absolute atomic E-state index is 0.407. The van der Waals surface area contributed by atoms with Crippen LogP contribution in [0.1, 0.15) is 53.5 Å². The SMILES string of the molecule is CNC(Cc1ccc(C)cc1)c1ccccc1C1CCC1. The van der Waals surface area contributed by atoms with Crippen LogP contribution in [0.3, 0.4) is 0 Å². The molecule has 0 radical (unpaired) electrons. The van der Waals surface area contributed by atoms with Gasteiger partial charge in [-0.3, -0.25) is 0 Å². The molecule has 1 heteroatoms. The number of benzene rings is 2. The van der Waals surface area contributed by atoms with Crippen LogP contribution in [0.25, 0.3) is 0 Å². The molecule has 1 unspecified atom stereocenters. The predicted molar refractivity (Wildman–Crippen MR) is 89.7 cm³/mol. The predicted octanol–water partition coefficient (Wildman–Crippen LogP) is 4.77. The van der Waals surface area contributed by atoms with Crippen molar-refractivity contribution in [3.63, 3.8) is 0 Å². The van der Waals surface area contributed by atoms with Crippen molar-refractivity contribution in [1.82, 2.24) is 5.32 Å². The van der Waals surface area contributed by atoms with Gasteiger partial charge >= 0.3 is 0 Å². The topological polar surface area (TPSA) is 12.0 Å². The minimum atomic E-state index is 0.407. The van der Waals surface area contributed by atoms with E-state index in [1.165, 1.54) is 36.0 Å². The quantitative estimate of drug-likeness (QED) is 0.831. The Labute approximate surface area is 128 Å². The van der Waals surface area contributed by atoms with Crippen molar-refractivity contribution in [2.45, 2.75) is 44.6 Å². The molecule has 1 fully saturated rings. The maximum atomic E-state index is 3.52. The molecule has 1 saturated carbocycles. The zero-order valence-electron chi connectivity index (χ0n) is 13.1. The molecule has 0 aromatic heterocycles. The van der Waals surface area contributed by atoms with Crippen LogP contribution in [0.2, 0.25) is 0 Å². The summed E-state index contributed by atoms with van der Waals surface area (Å²) in [6.07, 6.45) is 5.16. The van der Waals surface area contributed by atoms with Crippen LogP contribution in [0.5, 0.6) is 0 Å². The van der Waals surface area contributed by atoms with E-state index >= 15 is 0 Å². The van der Waals surface area contributed by atoms with Crippen LogP contribution in [-0.4, -0.2) is 7.05 Å². The van der Waals surface area contributed by atoms with Crippen LogP contribution in [0.15, 0.2) is 48.5 Å². The van der Waals surface area contributed by atoms with Crippen LogP contribution in [0, 0.1) is 6.92 Å². The average Bonchev–Trinajstić information content (AvgIpc) is 2.46. The number of hydrogen-bond acceptors (Lipinski definition) is 1. The first-order chi connectivity index (χ1) is 10.3. The molecule has 1 atom stereocenters. The molecule has 1 aliphatic carbocycles. The van der Waals surface area contributed by atoms with Gasteiger partial charge in [-0.05, 0) is 55.8 Å². The zero-order valence-corrected chi connectivity index (χ0v) is 13.1. The molecule has 1 aliphatic rings. The summed E-state index contributed by atoms with van der Waals surface area (Å²) in [6.45, 7) is 2.14. The van der Waals surface area contributed by atoms with E-state index < -0.39 is 0 Å². The number of aryl methyl sites for hydroxylation is 1.